The summed E-state index contributed by atoms with van der Waals surface area (Å²) in [6, 6.07) is 21.5. The Balaban J connectivity index is 0.00000243. The van der Waals surface area contributed by atoms with Crippen LogP contribution in [0.15, 0.2) is 69.6 Å². The second-order valence-electron chi connectivity index (χ2n) is 6.53. The first kappa shape index (κ1) is 20.8. The molecule has 1 unspecified atom stereocenters. The smallest absolute Gasteiger partial charge is 0.134 e. The van der Waals surface area contributed by atoms with Crippen molar-refractivity contribution in [1.29, 1.82) is 0 Å². The highest BCUT2D eigenvalue weighted by Gasteiger charge is 2.09. The van der Waals surface area contributed by atoms with Crippen molar-refractivity contribution in [2.24, 2.45) is 0 Å². The molecular formula is C22H25BrClNO. The Kier molecular flexibility index (Phi) is 7.95. The van der Waals surface area contributed by atoms with Gasteiger partial charge < -0.3 is 9.73 Å². The van der Waals surface area contributed by atoms with Gasteiger partial charge in [0.25, 0.3) is 0 Å². The normalized spacial score (nSPS) is 11.8. The molecule has 0 spiro atoms. The molecule has 1 atom stereocenters. The van der Waals surface area contributed by atoms with Gasteiger partial charge in [0.2, 0.25) is 0 Å². The topological polar surface area (TPSA) is 25.2 Å². The maximum Gasteiger partial charge on any atom is 0.134 e. The third-order valence-corrected chi connectivity index (χ3v) is 4.94. The van der Waals surface area contributed by atoms with Crippen molar-refractivity contribution in [1.82, 2.24) is 5.32 Å². The Bertz CT molecular complexity index is 816. The molecule has 26 heavy (non-hydrogen) atoms. The molecule has 2 nitrogen and oxygen atoms in total. The summed E-state index contributed by atoms with van der Waals surface area (Å²) in [5, 5.41) is 3.56. The summed E-state index contributed by atoms with van der Waals surface area (Å²) in [6.45, 7) is 5.09. The second-order valence-corrected chi connectivity index (χ2v) is 7.45. The average molecular weight is 435 g/mol. The lowest BCUT2D eigenvalue weighted by molar-refractivity contribution is 0.449. The van der Waals surface area contributed by atoms with E-state index in [1.807, 2.05) is 0 Å². The van der Waals surface area contributed by atoms with Crippen LogP contribution in [0.25, 0.3) is 11.3 Å². The predicted molar refractivity (Wildman–Crippen MR) is 115 cm³/mol. The molecule has 138 valence electrons. The molecule has 4 heteroatoms. The number of rotatable bonds is 7. The van der Waals surface area contributed by atoms with Crippen LogP contribution in [0.3, 0.4) is 0 Å². The van der Waals surface area contributed by atoms with Gasteiger partial charge in [-0.25, -0.2) is 0 Å². The molecule has 0 radical (unpaired) electrons. The van der Waals surface area contributed by atoms with Gasteiger partial charge in [-0.05, 0) is 68.1 Å². The van der Waals surface area contributed by atoms with E-state index < -0.39 is 0 Å². The van der Waals surface area contributed by atoms with E-state index in [9.17, 15) is 0 Å². The number of benzene rings is 2. The lowest BCUT2D eigenvalue weighted by Crippen LogP contribution is -2.25. The number of halogens is 2. The lowest BCUT2D eigenvalue weighted by atomic mass is 10.1. The van der Waals surface area contributed by atoms with Crippen LogP contribution in [0.5, 0.6) is 0 Å². The summed E-state index contributed by atoms with van der Waals surface area (Å²) in [5.74, 6) is 1.91. The highest BCUT2D eigenvalue weighted by atomic mass is 79.9. The molecule has 1 heterocycles. The molecule has 0 saturated heterocycles. The van der Waals surface area contributed by atoms with E-state index in [0.717, 1.165) is 40.9 Å². The highest BCUT2D eigenvalue weighted by Crippen LogP contribution is 2.27. The zero-order chi connectivity index (χ0) is 17.6. The lowest BCUT2D eigenvalue weighted by Gasteiger charge is -2.12. The molecular weight excluding hydrogens is 410 g/mol. The Morgan fingerprint density at radius 3 is 2.54 bits per heavy atom. The van der Waals surface area contributed by atoms with Gasteiger partial charge in [0.1, 0.15) is 11.5 Å². The molecule has 0 aliphatic heterocycles. The van der Waals surface area contributed by atoms with Gasteiger partial charge in [-0.1, -0.05) is 46.3 Å². The number of hydrogen-bond donors (Lipinski definition) is 1. The number of nitrogens with one attached hydrogen (secondary N) is 1. The maximum absolute atomic E-state index is 6.03. The van der Waals surface area contributed by atoms with Crippen molar-refractivity contribution in [2.75, 3.05) is 0 Å². The van der Waals surface area contributed by atoms with Gasteiger partial charge in [0, 0.05) is 16.1 Å². The van der Waals surface area contributed by atoms with E-state index in [1.54, 1.807) is 0 Å². The van der Waals surface area contributed by atoms with Crippen LogP contribution in [-0.4, -0.2) is 6.04 Å². The minimum Gasteiger partial charge on any atom is -0.460 e. The number of furan rings is 1. The predicted octanol–water partition coefficient (Wildman–Crippen LogP) is 6.55. The van der Waals surface area contributed by atoms with E-state index in [-0.39, 0.29) is 12.4 Å². The fourth-order valence-electron chi connectivity index (χ4n) is 2.93. The van der Waals surface area contributed by atoms with Crippen molar-refractivity contribution in [3.8, 4) is 11.3 Å². The SMILES string of the molecule is Cc1cc(Br)ccc1-c1ccc(CNC(C)CCc2ccccc2)o1.Cl. The third kappa shape index (κ3) is 5.73. The molecule has 0 aliphatic rings. The van der Waals surface area contributed by atoms with Crippen molar-refractivity contribution in [3.63, 3.8) is 0 Å². The Morgan fingerprint density at radius 1 is 1.04 bits per heavy atom. The zero-order valence-corrected chi connectivity index (χ0v) is 17.6. The minimum absolute atomic E-state index is 0. The van der Waals surface area contributed by atoms with E-state index in [1.165, 1.54) is 11.1 Å². The van der Waals surface area contributed by atoms with Crippen LogP contribution in [0.1, 0.15) is 30.2 Å². The molecule has 3 rings (SSSR count). The van der Waals surface area contributed by atoms with Crippen molar-refractivity contribution in [2.45, 2.75) is 39.3 Å². The summed E-state index contributed by atoms with van der Waals surface area (Å²) in [5.41, 5.74) is 3.74. The fourth-order valence-corrected chi connectivity index (χ4v) is 3.40. The quantitative estimate of drug-likeness (QED) is 0.456. The average Bonchev–Trinajstić information content (AvgIpc) is 3.08. The van der Waals surface area contributed by atoms with Gasteiger partial charge in [-0.15, -0.1) is 12.4 Å². The molecule has 2 aromatic carbocycles. The molecule has 0 amide bonds. The summed E-state index contributed by atoms with van der Waals surface area (Å²) < 4.78 is 7.12. The standard InChI is InChI=1S/C22H24BrNO.ClH/c1-16-14-19(23)10-12-21(16)22-13-11-20(25-22)15-24-17(2)8-9-18-6-4-3-5-7-18;/h3-7,10-14,17,24H,8-9,15H2,1-2H3;1H. The Hall–Kier alpha value is -1.55. The molecule has 0 aliphatic carbocycles. The largest absolute Gasteiger partial charge is 0.460 e. The maximum atomic E-state index is 6.03. The first-order valence-corrected chi connectivity index (χ1v) is 9.53. The molecule has 0 bridgehead atoms. The third-order valence-electron chi connectivity index (χ3n) is 4.45. The van der Waals surface area contributed by atoms with Crippen LogP contribution >= 0.6 is 28.3 Å². The van der Waals surface area contributed by atoms with Crippen LogP contribution < -0.4 is 5.32 Å². The highest BCUT2D eigenvalue weighted by molar-refractivity contribution is 9.10. The second kappa shape index (κ2) is 9.96. The summed E-state index contributed by atoms with van der Waals surface area (Å²) in [4.78, 5) is 0. The monoisotopic (exact) mass is 433 g/mol. The van der Waals surface area contributed by atoms with Crippen LogP contribution in [0, 0.1) is 6.92 Å². The first-order chi connectivity index (χ1) is 12.1. The van der Waals surface area contributed by atoms with Crippen LogP contribution in [-0.2, 0) is 13.0 Å². The summed E-state index contributed by atoms with van der Waals surface area (Å²) in [7, 11) is 0. The first-order valence-electron chi connectivity index (χ1n) is 8.74. The molecule has 0 fully saturated rings. The number of aryl methyl sites for hydroxylation is 2. The van der Waals surface area contributed by atoms with E-state index in [4.69, 9.17) is 4.42 Å². The minimum atomic E-state index is 0. The van der Waals surface area contributed by atoms with Crippen molar-refractivity contribution >= 4 is 28.3 Å². The number of hydrogen-bond acceptors (Lipinski definition) is 2. The molecule has 0 saturated carbocycles. The van der Waals surface area contributed by atoms with Crippen LogP contribution in [0.2, 0.25) is 0 Å². The van der Waals surface area contributed by atoms with Crippen molar-refractivity contribution in [3.05, 3.63) is 82.0 Å². The summed E-state index contributed by atoms with van der Waals surface area (Å²) >= 11 is 3.51. The van der Waals surface area contributed by atoms with Crippen molar-refractivity contribution < 1.29 is 4.42 Å². The fraction of sp³-hybridized carbons (Fsp3) is 0.273. The Morgan fingerprint density at radius 2 is 1.81 bits per heavy atom. The summed E-state index contributed by atoms with van der Waals surface area (Å²) in [6.07, 6.45) is 2.21. The molecule has 1 aromatic heterocycles. The van der Waals surface area contributed by atoms with Crippen LogP contribution in [0.4, 0.5) is 0 Å². The van der Waals surface area contributed by atoms with Gasteiger partial charge in [-0.3, -0.25) is 0 Å². The zero-order valence-electron chi connectivity index (χ0n) is 15.2. The van der Waals surface area contributed by atoms with E-state index in [2.05, 4.69) is 95.8 Å². The van der Waals surface area contributed by atoms with Gasteiger partial charge in [0.15, 0.2) is 0 Å². The molecule has 3 aromatic rings. The van der Waals surface area contributed by atoms with Gasteiger partial charge in [-0.2, -0.15) is 0 Å². The van der Waals surface area contributed by atoms with Gasteiger partial charge >= 0.3 is 0 Å². The van der Waals surface area contributed by atoms with E-state index in [0.29, 0.717) is 6.04 Å². The van der Waals surface area contributed by atoms with E-state index >= 15 is 0 Å². The molecule has 1 N–H and O–H groups in total. The van der Waals surface area contributed by atoms with Gasteiger partial charge in [0.05, 0.1) is 6.54 Å². The Labute approximate surface area is 170 Å².